The Morgan fingerprint density at radius 1 is 1.26 bits per heavy atom. The second-order valence-electron chi connectivity index (χ2n) is 4.33. The van der Waals surface area contributed by atoms with E-state index in [0.717, 1.165) is 6.07 Å². The standard InChI is InChI=1S/C12H14FN3O2S/c1-7-4-5-10(13)6-11(7)16-19(17,18)12-8(2)14-15-9(12)3/h4-6,16H,1-3H3,(H,14,15). The smallest absolute Gasteiger partial charge is 0.265 e. The molecule has 1 aromatic heterocycles. The van der Waals surface area contributed by atoms with Crippen LogP contribution >= 0.6 is 0 Å². The van der Waals surface area contributed by atoms with Crippen LogP contribution in [-0.2, 0) is 10.0 Å². The van der Waals surface area contributed by atoms with E-state index < -0.39 is 15.8 Å². The molecule has 0 radical (unpaired) electrons. The molecular weight excluding hydrogens is 269 g/mol. The van der Waals surface area contributed by atoms with Crippen LogP contribution in [0.4, 0.5) is 10.1 Å². The van der Waals surface area contributed by atoms with Crippen molar-refractivity contribution in [3.05, 3.63) is 41.0 Å². The summed E-state index contributed by atoms with van der Waals surface area (Å²) in [6.07, 6.45) is 0. The van der Waals surface area contributed by atoms with E-state index in [9.17, 15) is 12.8 Å². The molecule has 19 heavy (non-hydrogen) atoms. The highest BCUT2D eigenvalue weighted by molar-refractivity contribution is 7.92. The maximum atomic E-state index is 13.2. The minimum absolute atomic E-state index is 0.0937. The Balaban J connectivity index is 2.45. The fourth-order valence-electron chi connectivity index (χ4n) is 1.84. The lowest BCUT2D eigenvalue weighted by Gasteiger charge is -2.10. The number of nitrogens with one attached hydrogen (secondary N) is 2. The fraction of sp³-hybridized carbons (Fsp3) is 0.250. The Morgan fingerprint density at radius 2 is 1.95 bits per heavy atom. The van der Waals surface area contributed by atoms with Crippen LogP contribution in [0.25, 0.3) is 0 Å². The van der Waals surface area contributed by atoms with Gasteiger partial charge >= 0.3 is 0 Å². The fourth-order valence-corrected chi connectivity index (χ4v) is 3.33. The third kappa shape index (κ3) is 2.60. The summed E-state index contributed by atoms with van der Waals surface area (Å²) in [5.41, 5.74) is 1.68. The average molecular weight is 283 g/mol. The molecule has 0 amide bonds. The topological polar surface area (TPSA) is 74.8 Å². The van der Waals surface area contributed by atoms with Gasteiger partial charge in [-0.25, -0.2) is 12.8 Å². The lowest BCUT2D eigenvalue weighted by molar-refractivity contribution is 0.600. The number of anilines is 1. The Hall–Kier alpha value is -1.89. The number of aromatic amines is 1. The number of H-pyrrole nitrogens is 1. The third-order valence-electron chi connectivity index (χ3n) is 2.77. The van der Waals surface area contributed by atoms with Crippen LogP contribution in [0.5, 0.6) is 0 Å². The number of halogens is 1. The van der Waals surface area contributed by atoms with E-state index >= 15 is 0 Å². The summed E-state index contributed by atoms with van der Waals surface area (Å²) in [5, 5.41) is 6.46. The lowest BCUT2D eigenvalue weighted by atomic mass is 10.2. The zero-order chi connectivity index (χ0) is 14.2. The minimum atomic E-state index is -3.78. The summed E-state index contributed by atoms with van der Waals surface area (Å²) in [6, 6.07) is 3.95. The SMILES string of the molecule is Cc1ccc(F)cc1NS(=O)(=O)c1c(C)n[nH]c1C. The van der Waals surface area contributed by atoms with Gasteiger partial charge in [0.15, 0.2) is 0 Å². The van der Waals surface area contributed by atoms with Crippen molar-refractivity contribution in [1.82, 2.24) is 10.2 Å². The van der Waals surface area contributed by atoms with Crippen LogP contribution in [0, 0.1) is 26.6 Å². The third-order valence-corrected chi connectivity index (χ3v) is 4.40. The second-order valence-corrected chi connectivity index (χ2v) is 5.95. The van der Waals surface area contributed by atoms with E-state index in [4.69, 9.17) is 0 Å². The minimum Gasteiger partial charge on any atom is -0.281 e. The van der Waals surface area contributed by atoms with Crippen LogP contribution in [-0.4, -0.2) is 18.6 Å². The molecule has 7 heteroatoms. The first-order valence-electron chi connectivity index (χ1n) is 5.62. The Morgan fingerprint density at radius 3 is 2.53 bits per heavy atom. The van der Waals surface area contributed by atoms with Gasteiger partial charge in [0.25, 0.3) is 10.0 Å². The molecule has 0 aliphatic heterocycles. The van der Waals surface area contributed by atoms with E-state index in [1.54, 1.807) is 20.8 Å². The highest BCUT2D eigenvalue weighted by Gasteiger charge is 2.22. The molecule has 5 nitrogen and oxygen atoms in total. The van der Waals surface area contributed by atoms with Gasteiger partial charge in [-0.1, -0.05) is 6.07 Å². The molecule has 0 saturated carbocycles. The number of nitrogens with zero attached hydrogens (tertiary/aromatic N) is 1. The van der Waals surface area contributed by atoms with Crippen LogP contribution in [0.1, 0.15) is 17.0 Å². The average Bonchev–Trinajstić information content (AvgIpc) is 2.64. The molecule has 0 atom stereocenters. The number of hydrogen-bond acceptors (Lipinski definition) is 3. The van der Waals surface area contributed by atoms with Crippen LogP contribution in [0.3, 0.4) is 0 Å². The van der Waals surface area contributed by atoms with Crippen LogP contribution < -0.4 is 4.72 Å². The Kier molecular flexibility index (Phi) is 3.32. The molecule has 0 bridgehead atoms. The summed E-state index contributed by atoms with van der Waals surface area (Å²) in [7, 11) is -3.78. The van der Waals surface area contributed by atoms with Crippen molar-refractivity contribution in [3.63, 3.8) is 0 Å². The predicted molar refractivity (Wildman–Crippen MR) is 70.0 cm³/mol. The van der Waals surface area contributed by atoms with Gasteiger partial charge in [-0.3, -0.25) is 9.82 Å². The van der Waals surface area contributed by atoms with E-state index in [2.05, 4.69) is 14.9 Å². The van der Waals surface area contributed by atoms with Gasteiger partial charge < -0.3 is 0 Å². The van der Waals surface area contributed by atoms with E-state index in [1.165, 1.54) is 12.1 Å². The van der Waals surface area contributed by atoms with Crippen molar-refractivity contribution in [2.75, 3.05) is 4.72 Å². The van der Waals surface area contributed by atoms with Gasteiger partial charge in [0.1, 0.15) is 10.7 Å². The van der Waals surface area contributed by atoms with Crippen LogP contribution in [0.2, 0.25) is 0 Å². The van der Waals surface area contributed by atoms with E-state index in [-0.39, 0.29) is 10.6 Å². The monoisotopic (exact) mass is 283 g/mol. The first kappa shape index (κ1) is 13.5. The Bertz CT molecular complexity index is 703. The molecule has 0 aliphatic rings. The first-order chi connectivity index (χ1) is 8.81. The number of aryl methyl sites for hydroxylation is 3. The number of aromatic nitrogens is 2. The summed E-state index contributed by atoms with van der Waals surface area (Å²) in [5.74, 6) is -0.496. The molecule has 102 valence electrons. The molecule has 0 aliphatic carbocycles. The van der Waals surface area contributed by atoms with Crippen molar-refractivity contribution < 1.29 is 12.8 Å². The zero-order valence-corrected chi connectivity index (χ0v) is 11.6. The predicted octanol–water partition coefficient (Wildman–Crippen LogP) is 2.27. The van der Waals surface area contributed by atoms with E-state index in [1.807, 2.05) is 0 Å². The summed E-state index contributed by atoms with van der Waals surface area (Å²) >= 11 is 0. The van der Waals surface area contributed by atoms with Gasteiger partial charge in [-0.05, 0) is 38.5 Å². The molecular formula is C12H14FN3O2S. The molecule has 0 saturated heterocycles. The Labute approximate surface area is 110 Å². The van der Waals surface area contributed by atoms with Crippen molar-refractivity contribution >= 4 is 15.7 Å². The lowest BCUT2D eigenvalue weighted by Crippen LogP contribution is -2.15. The number of rotatable bonds is 3. The van der Waals surface area contributed by atoms with Gasteiger partial charge in [0, 0.05) is 0 Å². The molecule has 1 heterocycles. The quantitative estimate of drug-likeness (QED) is 0.907. The number of hydrogen-bond donors (Lipinski definition) is 2. The highest BCUT2D eigenvalue weighted by atomic mass is 32.2. The summed E-state index contributed by atoms with van der Waals surface area (Å²) in [4.78, 5) is 0.0937. The van der Waals surface area contributed by atoms with Gasteiger partial charge in [-0.15, -0.1) is 0 Å². The first-order valence-corrected chi connectivity index (χ1v) is 7.10. The van der Waals surface area contributed by atoms with E-state index in [0.29, 0.717) is 17.0 Å². The van der Waals surface area contributed by atoms with Gasteiger partial charge in [0.2, 0.25) is 0 Å². The van der Waals surface area contributed by atoms with Crippen molar-refractivity contribution in [1.29, 1.82) is 0 Å². The summed E-state index contributed by atoms with van der Waals surface area (Å²) in [6.45, 7) is 4.91. The molecule has 1 aromatic carbocycles. The number of sulfonamides is 1. The normalized spacial score (nSPS) is 11.6. The van der Waals surface area contributed by atoms with Crippen molar-refractivity contribution in [3.8, 4) is 0 Å². The molecule has 0 fully saturated rings. The van der Waals surface area contributed by atoms with Gasteiger partial charge in [-0.2, -0.15) is 5.10 Å². The van der Waals surface area contributed by atoms with Crippen LogP contribution in [0.15, 0.2) is 23.1 Å². The molecule has 0 spiro atoms. The maximum Gasteiger partial charge on any atom is 0.265 e. The zero-order valence-electron chi connectivity index (χ0n) is 10.8. The van der Waals surface area contributed by atoms with Crippen molar-refractivity contribution in [2.45, 2.75) is 25.7 Å². The molecule has 2 rings (SSSR count). The van der Waals surface area contributed by atoms with Crippen molar-refractivity contribution in [2.24, 2.45) is 0 Å². The largest absolute Gasteiger partial charge is 0.281 e. The maximum absolute atomic E-state index is 13.2. The highest BCUT2D eigenvalue weighted by Crippen LogP contribution is 2.23. The summed E-state index contributed by atoms with van der Waals surface area (Å²) < 4.78 is 40.1. The molecule has 0 unspecified atom stereocenters. The van der Waals surface area contributed by atoms with Gasteiger partial charge in [0.05, 0.1) is 17.1 Å². The molecule has 2 aromatic rings. The number of benzene rings is 1. The molecule has 2 N–H and O–H groups in total. The second kappa shape index (κ2) is 4.65.